The lowest BCUT2D eigenvalue weighted by Crippen LogP contribution is -2.13. The zero-order chi connectivity index (χ0) is 13.4. The maximum absolute atomic E-state index is 5.69. The molecule has 9 nitrogen and oxygen atoms in total. The Kier molecular flexibility index (Phi) is 2.44. The molecule has 0 aliphatic heterocycles. The second-order valence-corrected chi connectivity index (χ2v) is 3.86. The van der Waals surface area contributed by atoms with Gasteiger partial charge in [0.2, 0.25) is 5.95 Å². The van der Waals surface area contributed by atoms with Crippen molar-refractivity contribution in [3.05, 3.63) is 30.1 Å². The average Bonchev–Trinajstić information content (AvgIpc) is 2.98. The van der Waals surface area contributed by atoms with E-state index in [4.69, 9.17) is 5.73 Å². The van der Waals surface area contributed by atoms with Crippen LogP contribution in [-0.4, -0.2) is 39.5 Å². The molecular weight excluding hydrogens is 246 g/mol. The second kappa shape index (κ2) is 4.12. The predicted molar refractivity (Wildman–Crippen MR) is 65.8 cm³/mol. The number of hydrogen-bond acceptors (Lipinski definition) is 7. The summed E-state index contributed by atoms with van der Waals surface area (Å²) < 4.78 is 3.01. The van der Waals surface area contributed by atoms with Crippen molar-refractivity contribution in [3.8, 4) is 11.9 Å². The first-order valence-electron chi connectivity index (χ1n) is 5.56. The van der Waals surface area contributed by atoms with Crippen LogP contribution in [0.15, 0.2) is 18.5 Å². The number of nitrogens with two attached hydrogens (primary N) is 1. The van der Waals surface area contributed by atoms with E-state index in [1.54, 1.807) is 25.4 Å². The van der Waals surface area contributed by atoms with E-state index in [2.05, 4.69) is 30.1 Å². The van der Waals surface area contributed by atoms with Gasteiger partial charge in [0.15, 0.2) is 0 Å². The highest BCUT2D eigenvalue weighted by Crippen LogP contribution is 2.08. The van der Waals surface area contributed by atoms with Crippen LogP contribution in [0.3, 0.4) is 0 Å². The van der Waals surface area contributed by atoms with Crippen molar-refractivity contribution in [1.29, 1.82) is 0 Å². The van der Waals surface area contributed by atoms with E-state index in [-0.39, 0.29) is 5.95 Å². The monoisotopic (exact) mass is 257 g/mol. The number of anilines is 1. The predicted octanol–water partition coefficient (Wildman–Crippen LogP) is -0.163. The topological polar surface area (TPSA) is 113 Å². The minimum atomic E-state index is 0.100. The summed E-state index contributed by atoms with van der Waals surface area (Å²) in [4.78, 5) is 16.6. The van der Waals surface area contributed by atoms with Gasteiger partial charge in [-0.1, -0.05) is 0 Å². The molecule has 0 aliphatic carbocycles. The smallest absolute Gasteiger partial charge is 0.258 e. The number of nitrogen functional groups attached to an aromatic ring is 1. The van der Waals surface area contributed by atoms with Crippen molar-refractivity contribution < 1.29 is 0 Å². The first kappa shape index (κ1) is 11.3. The van der Waals surface area contributed by atoms with E-state index < -0.39 is 0 Å². The first-order chi connectivity index (χ1) is 9.13. The second-order valence-electron chi connectivity index (χ2n) is 3.86. The molecule has 0 bridgehead atoms. The number of nitrogens with zero attached hydrogens (tertiary/aromatic N) is 8. The minimum Gasteiger partial charge on any atom is -0.368 e. The van der Waals surface area contributed by atoms with Gasteiger partial charge in [0, 0.05) is 12.4 Å². The minimum absolute atomic E-state index is 0.100. The number of aromatic nitrogens is 8. The van der Waals surface area contributed by atoms with Crippen molar-refractivity contribution in [2.75, 3.05) is 5.73 Å². The van der Waals surface area contributed by atoms with Crippen molar-refractivity contribution in [1.82, 2.24) is 39.5 Å². The van der Waals surface area contributed by atoms with Crippen molar-refractivity contribution >= 4 is 5.95 Å². The Hall–Kier alpha value is -2.84. The van der Waals surface area contributed by atoms with Crippen molar-refractivity contribution in [2.45, 2.75) is 13.8 Å². The quantitative estimate of drug-likeness (QED) is 0.678. The molecule has 19 heavy (non-hydrogen) atoms. The molecule has 0 spiro atoms. The van der Waals surface area contributed by atoms with E-state index in [0.29, 0.717) is 23.5 Å². The molecule has 0 amide bonds. The van der Waals surface area contributed by atoms with Crippen LogP contribution >= 0.6 is 0 Å². The van der Waals surface area contributed by atoms with Gasteiger partial charge in [0.1, 0.15) is 11.6 Å². The molecule has 3 aromatic rings. The summed E-state index contributed by atoms with van der Waals surface area (Å²) in [7, 11) is 0. The standard InChI is InChI=1S/C10H11N9/c1-6-13-7(2)19(17-6)10-15-8(11)14-9(16-10)18-5-3-4-12-18/h3-5H,1-2H3,(H2,11,14,15,16). The first-order valence-corrected chi connectivity index (χ1v) is 5.56. The normalized spacial score (nSPS) is 10.8. The lowest BCUT2D eigenvalue weighted by molar-refractivity contribution is 0.731. The van der Waals surface area contributed by atoms with Crippen LogP contribution < -0.4 is 5.73 Å². The van der Waals surface area contributed by atoms with Crippen molar-refractivity contribution in [2.24, 2.45) is 0 Å². The van der Waals surface area contributed by atoms with E-state index >= 15 is 0 Å². The van der Waals surface area contributed by atoms with Crippen LogP contribution in [0.25, 0.3) is 11.9 Å². The Morgan fingerprint density at radius 1 is 1.05 bits per heavy atom. The zero-order valence-electron chi connectivity index (χ0n) is 10.4. The van der Waals surface area contributed by atoms with E-state index in [9.17, 15) is 0 Å². The lowest BCUT2D eigenvalue weighted by Gasteiger charge is -2.04. The summed E-state index contributed by atoms with van der Waals surface area (Å²) in [6.07, 6.45) is 3.35. The van der Waals surface area contributed by atoms with Crippen LogP contribution in [0.2, 0.25) is 0 Å². The molecule has 96 valence electrons. The Morgan fingerprint density at radius 3 is 2.47 bits per heavy atom. The van der Waals surface area contributed by atoms with Crippen LogP contribution in [0, 0.1) is 13.8 Å². The highest BCUT2D eigenvalue weighted by Gasteiger charge is 2.12. The Bertz CT molecular complexity index is 713. The van der Waals surface area contributed by atoms with Crippen molar-refractivity contribution in [3.63, 3.8) is 0 Å². The maximum Gasteiger partial charge on any atom is 0.258 e. The summed E-state index contributed by atoms with van der Waals surface area (Å²) in [6, 6.07) is 1.77. The van der Waals surface area contributed by atoms with Crippen LogP contribution in [0.4, 0.5) is 5.95 Å². The van der Waals surface area contributed by atoms with Gasteiger partial charge in [-0.2, -0.15) is 24.7 Å². The van der Waals surface area contributed by atoms with Gasteiger partial charge in [-0.05, 0) is 19.9 Å². The third-order valence-electron chi connectivity index (χ3n) is 2.40. The molecule has 0 unspecified atom stereocenters. The fraction of sp³-hybridized carbons (Fsp3) is 0.200. The third kappa shape index (κ3) is 2.01. The van der Waals surface area contributed by atoms with E-state index in [1.165, 1.54) is 9.36 Å². The number of hydrogen-bond donors (Lipinski definition) is 1. The molecule has 0 saturated heterocycles. The Labute approximate surface area is 108 Å². The Morgan fingerprint density at radius 2 is 1.84 bits per heavy atom. The molecule has 0 radical (unpaired) electrons. The largest absolute Gasteiger partial charge is 0.368 e. The van der Waals surface area contributed by atoms with Gasteiger partial charge in [-0.25, -0.2) is 9.67 Å². The van der Waals surface area contributed by atoms with Crippen LogP contribution in [-0.2, 0) is 0 Å². The summed E-state index contributed by atoms with van der Waals surface area (Å²) >= 11 is 0. The van der Waals surface area contributed by atoms with E-state index in [0.717, 1.165) is 0 Å². The van der Waals surface area contributed by atoms with Gasteiger partial charge in [0.05, 0.1) is 0 Å². The lowest BCUT2D eigenvalue weighted by atomic mass is 10.7. The molecule has 3 heterocycles. The van der Waals surface area contributed by atoms with Gasteiger partial charge in [-0.15, -0.1) is 5.10 Å². The van der Waals surface area contributed by atoms with E-state index in [1.807, 2.05) is 6.92 Å². The molecule has 0 atom stereocenters. The number of aryl methyl sites for hydroxylation is 2. The third-order valence-corrected chi connectivity index (χ3v) is 2.40. The fourth-order valence-electron chi connectivity index (χ4n) is 1.66. The van der Waals surface area contributed by atoms with Gasteiger partial charge in [-0.3, -0.25) is 0 Å². The Balaban J connectivity index is 2.15. The van der Waals surface area contributed by atoms with Gasteiger partial charge >= 0.3 is 0 Å². The maximum atomic E-state index is 5.69. The summed E-state index contributed by atoms with van der Waals surface area (Å²) in [5.74, 6) is 2.06. The molecule has 0 aliphatic rings. The summed E-state index contributed by atoms with van der Waals surface area (Å²) in [5, 5.41) is 8.26. The van der Waals surface area contributed by atoms with Crippen LogP contribution in [0.5, 0.6) is 0 Å². The SMILES string of the molecule is Cc1nc(C)n(-c2nc(N)nc(-n3cccn3)n2)n1. The molecule has 0 aromatic carbocycles. The van der Waals surface area contributed by atoms with Crippen LogP contribution in [0.1, 0.15) is 11.6 Å². The summed E-state index contributed by atoms with van der Waals surface area (Å²) in [5.41, 5.74) is 5.69. The highest BCUT2D eigenvalue weighted by atomic mass is 15.4. The molecule has 0 fully saturated rings. The van der Waals surface area contributed by atoms with Gasteiger partial charge in [0.25, 0.3) is 11.9 Å². The molecule has 3 rings (SSSR count). The zero-order valence-corrected chi connectivity index (χ0v) is 10.4. The molecule has 0 saturated carbocycles. The fourth-order valence-corrected chi connectivity index (χ4v) is 1.66. The molecular formula is C10H11N9. The molecule has 9 heteroatoms. The molecule has 2 N–H and O–H groups in total. The number of rotatable bonds is 2. The average molecular weight is 257 g/mol. The summed E-state index contributed by atoms with van der Waals surface area (Å²) in [6.45, 7) is 3.61. The molecule has 3 aromatic heterocycles. The van der Waals surface area contributed by atoms with Gasteiger partial charge < -0.3 is 5.73 Å². The highest BCUT2D eigenvalue weighted by molar-refractivity contribution is 5.28.